The van der Waals surface area contributed by atoms with Crippen LogP contribution >= 0.6 is 0 Å². The topological polar surface area (TPSA) is 67.8 Å². The van der Waals surface area contributed by atoms with E-state index in [-0.39, 0.29) is 10.9 Å². The summed E-state index contributed by atoms with van der Waals surface area (Å²) in [6.45, 7) is 0. The molecular formula is C23H21F3O5S. The molecule has 0 aliphatic carbocycles. The molecule has 0 saturated heterocycles. The minimum Gasteiger partial charge on any atom is -0.542 e. The highest BCUT2D eigenvalue weighted by Gasteiger charge is 2.29. The van der Waals surface area contributed by atoms with Crippen LogP contribution in [-0.4, -0.2) is 33.5 Å². The van der Waals surface area contributed by atoms with E-state index in [9.17, 15) is 13.2 Å². The van der Waals surface area contributed by atoms with Crippen LogP contribution in [0.1, 0.15) is 0 Å². The second kappa shape index (κ2) is 11.3. The Bertz CT molecular complexity index is 875. The predicted molar refractivity (Wildman–Crippen MR) is 112 cm³/mol. The summed E-state index contributed by atoms with van der Waals surface area (Å²) in [6.07, 6.45) is -5.19. The molecule has 32 heavy (non-hydrogen) atoms. The average Bonchev–Trinajstić information content (AvgIpc) is 2.80. The summed E-state index contributed by atoms with van der Waals surface area (Å²) in [5.74, 6) is -0.433. The van der Waals surface area contributed by atoms with E-state index in [4.69, 9.17) is 24.1 Å². The molecule has 0 heterocycles. The largest absolute Gasteiger partial charge is 0.542 e. The SMILES string of the molecule is COc1ccc([S+](c2ccc(OC)cc2)c2ccc(OC)cc2)cc1.O=C([O-])C(F)(F)F. The minimum atomic E-state index is -5.19. The zero-order chi connectivity index (χ0) is 23.7. The maximum absolute atomic E-state index is 10.5. The molecule has 5 nitrogen and oxygen atoms in total. The second-order valence-electron chi connectivity index (χ2n) is 6.12. The zero-order valence-corrected chi connectivity index (χ0v) is 18.3. The molecule has 0 radical (unpaired) electrons. The van der Waals surface area contributed by atoms with Crippen LogP contribution in [-0.2, 0) is 15.7 Å². The van der Waals surface area contributed by atoms with Crippen molar-refractivity contribution in [2.24, 2.45) is 0 Å². The van der Waals surface area contributed by atoms with Gasteiger partial charge in [-0.2, -0.15) is 13.2 Å². The van der Waals surface area contributed by atoms with E-state index in [1.165, 1.54) is 14.7 Å². The molecule has 3 aromatic carbocycles. The Morgan fingerprint density at radius 2 is 0.875 bits per heavy atom. The first-order valence-corrected chi connectivity index (χ1v) is 10.4. The van der Waals surface area contributed by atoms with Gasteiger partial charge in [-0.1, -0.05) is 0 Å². The van der Waals surface area contributed by atoms with Crippen molar-refractivity contribution in [1.82, 2.24) is 0 Å². The number of ether oxygens (including phenoxy) is 3. The van der Waals surface area contributed by atoms with Crippen molar-refractivity contribution in [3.8, 4) is 17.2 Å². The van der Waals surface area contributed by atoms with Gasteiger partial charge in [0.2, 0.25) is 0 Å². The second-order valence-corrected chi connectivity index (χ2v) is 8.14. The summed E-state index contributed by atoms with van der Waals surface area (Å²) in [5.41, 5.74) is 0. The van der Waals surface area contributed by atoms with Gasteiger partial charge in [0.25, 0.3) is 0 Å². The van der Waals surface area contributed by atoms with Crippen LogP contribution in [0.25, 0.3) is 0 Å². The molecule has 3 aromatic rings. The van der Waals surface area contributed by atoms with Gasteiger partial charge < -0.3 is 24.1 Å². The molecule has 0 aliphatic heterocycles. The molecular weight excluding hydrogens is 445 g/mol. The normalized spacial score (nSPS) is 10.7. The summed E-state index contributed by atoms with van der Waals surface area (Å²) in [6, 6.07) is 24.7. The highest BCUT2D eigenvalue weighted by molar-refractivity contribution is 7.97. The number of carboxylic acid groups (broad SMARTS) is 1. The Balaban J connectivity index is 0.000000451. The molecule has 0 unspecified atom stereocenters. The minimum absolute atomic E-state index is 0.212. The smallest absolute Gasteiger partial charge is 0.430 e. The Hall–Kier alpha value is -3.33. The molecule has 0 aliphatic rings. The summed E-state index contributed by atoms with van der Waals surface area (Å²) in [4.78, 5) is 12.5. The molecule has 0 aromatic heterocycles. The van der Waals surface area contributed by atoms with Crippen LogP contribution < -0.4 is 19.3 Å². The van der Waals surface area contributed by atoms with Gasteiger partial charge in [0, 0.05) is 0 Å². The van der Waals surface area contributed by atoms with Gasteiger partial charge in [-0.25, -0.2) is 0 Å². The van der Waals surface area contributed by atoms with Crippen molar-refractivity contribution in [3.63, 3.8) is 0 Å². The lowest BCUT2D eigenvalue weighted by molar-refractivity contribution is -0.344. The third-order valence-electron chi connectivity index (χ3n) is 4.12. The number of methoxy groups -OCH3 is 3. The molecule has 0 spiro atoms. The van der Waals surface area contributed by atoms with Crippen molar-refractivity contribution in [3.05, 3.63) is 72.8 Å². The summed E-state index contributed by atoms with van der Waals surface area (Å²) >= 11 is 0. The first-order chi connectivity index (χ1) is 15.2. The number of aliphatic carboxylic acids is 1. The number of halogens is 3. The molecule has 0 saturated carbocycles. The first kappa shape index (κ1) is 24.9. The van der Waals surface area contributed by atoms with E-state index in [2.05, 4.69) is 36.4 Å². The van der Waals surface area contributed by atoms with Gasteiger partial charge in [0.1, 0.15) is 23.2 Å². The molecule has 0 bridgehead atoms. The number of rotatable bonds is 6. The lowest BCUT2D eigenvalue weighted by atomic mass is 10.3. The summed E-state index contributed by atoms with van der Waals surface area (Å²) in [7, 11) is 4.83. The molecule has 0 atom stereocenters. The van der Waals surface area contributed by atoms with Gasteiger partial charge in [0.15, 0.2) is 14.7 Å². The maximum atomic E-state index is 10.5. The Morgan fingerprint density at radius 3 is 1.03 bits per heavy atom. The highest BCUT2D eigenvalue weighted by atomic mass is 32.2. The van der Waals surface area contributed by atoms with E-state index >= 15 is 0 Å². The van der Waals surface area contributed by atoms with Crippen molar-refractivity contribution < 1.29 is 37.3 Å². The van der Waals surface area contributed by atoms with Crippen LogP contribution in [0.5, 0.6) is 17.2 Å². The standard InChI is InChI=1S/C21H21O3S.C2HF3O2/c1-22-16-4-10-19(11-5-16)25(20-12-6-17(23-2)7-13-20)21-14-8-18(24-3)9-15-21;3-2(4,5)1(6)7/h4-15H,1-3H3;(H,6,7)/q+1;/p-1. The zero-order valence-electron chi connectivity index (χ0n) is 17.5. The van der Waals surface area contributed by atoms with Crippen LogP contribution in [0.4, 0.5) is 13.2 Å². The molecule has 9 heteroatoms. The van der Waals surface area contributed by atoms with Crippen molar-refractivity contribution in [1.29, 1.82) is 0 Å². The van der Waals surface area contributed by atoms with E-state index in [1.807, 2.05) is 36.4 Å². The summed E-state index contributed by atoms with van der Waals surface area (Å²) in [5, 5.41) is 8.78. The Labute approximate surface area is 186 Å². The molecule has 0 amide bonds. The van der Waals surface area contributed by atoms with Crippen LogP contribution in [0.15, 0.2) is 87.5 Å². The predicted octanol–water partition coefficient (Wildman–Crippen LogP) is 4.11. The number of carbonyl (C=O) groups is 1. The van der Waals surface area contributed by atoms with Crippen LogP contribution in [0.2, 0.25) is 0 Å². The third-order valence-corrected chi connectivity index (χ3v) is 6.35. The number of alkyl halides is 3. The third kappa shape index (κ3) is 6.84. The summed E-state index contributed by atoms with van der Waals surface area (Å²) < 4.78 is 47.4. The lowest BCUT2D eigenvalue weighted by Crippen LogP contribution is -2.37. The van der Waals surface area contributed by atoms with Gasteiger partial charge >= 0.3 is 6.18 Å². The number of hydrogen-bond acceptors (Lipinski definition) is 5. The maximum Gasteiger partial charge on any atom is 0.430 e. The number of carbonyl (C=O) groups excluding carboxylic acids is 1. The Morgan fingerprint density at radius 1 is 0.656 bits per heavy atom. The molecule has 0 N–H and O–H groups in total. The molecule has 170 valence electrons. The molecule has 0 fully saturated rings. The molecule has 3 rings (SSSR count). The number of hydrogen-bond donors (Lipinski definition) is 0. The van der Waals surface area contributed by atoms with Gasteiger partial charge in [-0.15, -0.1) is 0 Å². The number of benzene rings is 3. The fourth-order valence-corrected chi connectivity index (χ4v) is 4.58. The fourth-order valence-electron chi connectivity index (χ4n) is 2.54. The fraction of sp³-hybridized carbons (Fsp3) is 0.174. The lowest BCUT2D eigenvalue weighted by Gasteiger charge is -2.10. The quantitative estimate of drug-likeness (QED) is 0.512. The van der Waals surface area contributed by atoms with Crippen molar-refractivity contribution in [2.45, 2.75) is 20.9 Å². The van der Waals surface area contributed by atoms with E-state index < -0.39 is 12.1 Å². The van der Waals surface area contributed by atoms with E-state index in [0.717, 1.165) is 17.2 Å². The van der Waals surface area contributed by atoms with E-state index in [0.29, 0.717) is 0 Å². The Kier molecular flexibility index (Phi) is 8.83. The monoisotopic (exact) mass is 466 g/mol. The first-order valence-electron chi connectivity index (χ1n) is 9.14. The highest BCUT2D eigenvalue weighted by Crippen LogP contribution is 2.33. The van der Waals surface area contributed by atoms with Crippen molar-refractivity contribution in [2.75, 3.05) is 21.3 Å². The van der Waals surface area contributed by atoms with Crippen LogP contribution in [0, 0.1) is 0 Å². The average molecular weight is 466 g/mol. The van der Waals surface area contributed by atoms with Crippen molar-refractivity contribution >= 4 is 16.9 Å². The van der Waals surface area contributed by atoms with Gasteiger partial charge in [-0.05, 0) is 72.8 Å². The van der Waals surface area contributed by atoms with Crippen LogP contribution in [0.3, 0.4) is 0 Å². The van der Waals surface area contributed by atoms with Gasteiger partial charge in [-0.3, -0.25) is 0 Å². The van der Waals surface area contributed by atoms with E-state index in [1.54, 1.807) is 21.3 Å². The number of carboxylic acids is 1. The van der Waals surface area contributed by atoms with Gasteiger partial charge in [0.05, 0.1) is 32.2 Å².